The standard InChI is InChI=1S/C14H12BrN7O2S/c15-11-4-3-10(25-11)13(23)20-21-14(24)18-6-9-2-1-5-17-12(9)22-8-16-7-19-22/h1-5,7-8H,6H2,(H,20,23)(H2,18,21,24). The summed E-state index contributed by atoms with van der Waals surface area (Å²) < 4.78 is 2.34. The SMILES string of the molecule is O=C(NCc1cccnc1-n1cncn1)NNC(=O)c1ccc(Br)s1. The molecule has 0 atom stereocenters. The van der Waals surface area contributed by atoms with E-state index in [-0.39, 0.29) is 6.54 Å². The van der Waals surface area contributed by atoms with E-state index in [1.165, 1.54) is 28.7 Å². The van der Waals surface area contributed by atoms with E-state index < -0.39 is 11.9 Å². The van der Waals surface area contributed by atoms with Crippen molar-refractivity contribution in [3.8, 4) is 5.82 Å². The molecule has 25 heavy (non-hydrogen) atoms. The first kappa shape index (κ1) is 17.0. The Morgan fingerprint density at radius 1 is 1.24 bits per heavy atom. The molecule has 0 bridgehead atoms. The maximum Gasteiger partial charge on any atom is 0.333 e. The molecule has 3 N–H and O–H groups in total. The molecule has 3 aromatic heterocycles. The fourth-order valence-electron chi connectivity index (χ4n) is 1.92. The van der Waals surface area contributed by atoms with Crippen molar-refractivity contribution < 1.29 is 9.59 Å². The van der Waals surface area contributed by atoms with E-state index >= 15 is 0 Å². The highest BCUT2D eigenvalue weighted by molar-refractivity contribution is 9.11. The van der Waals surface area contributed by atoms with Crippen LogP contribution < -0.4 is 16.2 Å². The molecule has 0 fully saturated rings. The quantitative estimate of drug-likeness (QED) is 0.553. The van der Waals surface area contributed by atoms with Gasteiger partial charge in [-0.1, -0.05) is 6.07 Å². The Morgan fingerprint density at radius 2 is 2.12 bits per heavy atom. The van der Waals surface area contributed by atoms with Crippen LogP contribution in [0.1, 0.15) is 15.2 Å². The van der Waals surface area contributed by atoms with E-state index in [0.717, 1.165) is 9.35 Å². The van der Waals surface area contributed by atoms with Gasteiger partial charge in [0, 0.05) is 18.3 Å². The number of halogens is 1. The van der Waals surface area contributed by atoms with Crippen LogP contribution in [0.15, 0.2) is 46.9 Å². The second-order valence-electron chi connectivity index (χ2n) is 4.69. The summed E-state index contributed by atoms with van der Waals surface area (Å²) in [6.45, 7) is 0.204. The number of hydrogen-bond acceptors (Lipinski definition) is 6. The molecule has 0 spiro atoms. The van der Waals surface area contributed by atoms with Crippen LogP contribution in [0.25, 0.3) is 5.82 Å². The smallest absolute Gasteiger partial charge is 0.333 e. The van der Waals surface area contributed by atoms with Crippen LogP contribution >= 0.6 is 27.3 Å². The number of nitrogens with one attached hydrogen (secondary N) is 3. The van der Waals surface area contributed by atoms with Gasteiger partial charge in [-0.25, -0.2) is 24.9 Å². The molecule has 9 nitrogen and oxygen atoms in total. The van der Waals surface area contributed by atoms with Crippen molar-refractivity contribution in [3.05, 3.63) is 57.3 Å². The average Bonchev–Trinajstić information content (AvgIpc) is 3.30. The largest absolute Gasteiger partial charge is 0.333 e. The molecule has 0 aromatic carbocycles. The predicted molar refractivity (Wildman–Crippen MR) is 94.0 cm³/mol. The van der Waals surface area contributed by atoms with Crippen LogP contribution in [0, 0.1) is 0 Å². The first-order chi connectivity index (χ1) is 12.1. The molecular formula is C14H12BrN7O2S. The van der Waals surface area contributed by atoms with E-state index in [0.29, 0.717) is 10.7 Å². The van der Waals surface area contributed by atoms with Gasteiger partial charge in [-0.2, -0.15) is 5.10 Å². The summed E-state index contributed by atoms with van der Waals surface area (Å²) >= 11 is 4.54. The molecule has 3 rings (SSSR count). The molecule has 0 saturated heterocycles. The van der Waals surface area contributed by atoms with Crippen LogP contribution in [0.5, 0.6) is 0 Å². The van der Waals surface area contributed by atoms with Crippen molar-refractivity contribution in [2.75, 3.05) is 0 Å². The van der Waals surface area contributed by atoms with Gasteiger partial charge in [-0.15, -0.1) is 11.3 Å². The fourth-order valence-corrected chi connectivity index (χ4v) is 3.20. The number of pyridine rings is 1. The molecule has 0 aliphatic rings. The Hall–Kier alpha value is -2.79. The second kappa shape index (κ2) is 7.85. The predicted octanol–water partition coefficient (Wildman–Crippen LogP) is 1.63. The summed E-state index contributed by atoms with van der Waals surface area (Å²) in [5.74, 6) is 0.170. The third kappa shape index (κ3) is 4.39. The minimum Gasteiger partial charge on any atom is -0.333 e. The number of urea groups is 1. The number of amides is 3. The molecule has 3 amide bonds. The maximum atomic E-state index is 11.9. The number of hydrazine groups is 1. The van der Waals surface area contributed by atoms with Crippen molar-refractivity contribution in [1.82, 2.24) is 35.9 Å². The highest BCUT2D eigenvalue weighted by atomic mass is 79.9. The van der Waals surface area contributed by atoms with Crippen LogP contribution in [0.3, 0.4) is 0 Å². The summed E-state index contributed by atoms with van der Waals surface area (Å²) in [4.78, 5) is 32.3. The number of carbonyl (C=O) groups excluding carboxylic acids is 2. The van der Waals surface area contributed by atoms with Gasteiger partial charge in [0.15, 0.2) is 5.82 Å². The van der Waals surface area contributed by atoms with Gasteiger partial charge in [0.05, 0.1) is 8.66 Å². The van der Waals surface area contributed by atoms with Crippen molar-refractivity contribution in [3.63, 3.8) is 0 Å². The monoisotopic (exact) mass is 421 g/mol. The van der Waals surface area contributed by atoms with Gasteiger partial charge >= 0.3 is 6.03 Å². The molecule has 0 aliphatic heterocycles. The minimum absolute atomic E-state index is 0.204. The molecular weight excluding hydrogens is 410 g/mol. The van der Waals surface area contributed by atoms with Crippen molar-refractivity contribution in [1.29, 1.82) is 0 Å². The van der Waals surface area contributed by atoms with E-state index in [9.17, 15) is 9.59 Å². The molecule has 128 valence electrons. The maximum absolute atomic E-state index is 11.9. The third-order valence-corrected chi connectivity index (χ3v) is 4.65. The molecule has 0 saturated carbocycles. The van der Waals surface area contributed by atoms with Gasteiger partial charge in [0.25, 0.3) is 5.91 Å². The molecule has 11 heteroatoms. The van der Waals surface area contributed by atoms with Gasteiger partial charge in [-0.3, -0.25) is 10.2 Å². The minimum atomic E-state index is -0.544. The van der Waals surface area contributed by atoms with Crippen molar-refractivity contribution in [2.45, 2.75) is 6.54 Å². The summed E-state index contributed by atoms with van der Waals surface area (Å²) in [5, 5.41) is 6.67. The van der Waals surface area contributed by atoms with Gasteiger partial charge in [0.1, 0.15) is 12.7 Å². The normalized spacial score (nSPS) is 10.3. The topological polar surface area (TPSA) is 114 Å². The fraction of sp³-hybridized carbons (Fsp3) is 0.0714. The Morgan fingerprint density at radius 3 is 2.84 bits per heavy atom. The van der Waals surface area contributed by atoms with Crippen LogP contribution in [0.2, 0.25) is 0 Å². The summed E-state index contributed by atoms with van der Waals surface area (Å²) in [6.07, 6.45) is 4.54. The number of thiophene rings is 1. The number of nitrogens with zero attached hydrogens (tertiary/aromatic N) is 4. The average molecular weight is 422 g/mol. The molecule has 0 aliphatic carbocycles. The van der Waals surface area contributed by atoms with Gasteiger partial charge < -0.3 is 5.32 Å². The van der Waals surface area contributed by atoms with Crippen molar-refractivity contribution >= 4 is 39.2 Å². The van der Waals surface area contributed by atoms with E-state index in [2.05, 4.69) is 47.2 Å². The highest BCUT2D eigenvalue weighted by Gasteiger charge is 2.11. The first-order valence-electron chi connectivity index (χ1n) is 7.02. The Bertz CT molecular complexity index is 881. The van der Waals surface area contributed by atoms with Crippen LogP contribution in [-0.4, -0.2) is 31.7 Å². The Labute approximate surface area is 154 Å². The van der Waals surface area contributed by atoms with Crippen molar-refractivity contribution in [2.24, 2.45) is 0 Å². The van der Waals surface area contributed by atoms with E-state index in [1.807, 2.05) is 6.07 Å². The lowest BCUT2D eigenvalue weighted by Gasteiger charge is -2.10. The van der Waals surface area contributed by atoms with Gasteiger partial charge in [0.2, 0.25) is 0 Å². The zero-order valence-corrected chi connectivity index (χ0v) is 15.0. The summed E-state index contributed by atoms with van der Waals surface area (Å²) in [7, 11) is 0. The zero-order chi connectivity index (χ0) is 17.6. The highest BCUT2D eigenvalue weighted by Crippen LogP contribution is 2.21. The lowest BCUT2D eigenvalue weighted by atomic mass is 10.2. The lowest BCUT2D eigenvalue weighted by Crippen LogP contribution is -2.46. The molecule has 0 radical (unpaired) electrons. The molecule has 3 aromatic rings. The zero-order valence-electron chi connectivity index (χ0n) is 12.6. The second-order valence-corrected chi connectivity index (χ2v) is 7.15. The molecule has 0 unspecified atom stereocenters. The Balaban J connectivity index is 1.54. The van der Waals surface area contributed by atoms with E-state index in [4.69, 9.17) is 0 Å². The van der Waals surface area contributed by atoms with Crippen LogP contribution in [0.4, 0.5) is 4.79 Å². The number of aromatic nitrogens is 4. The van der Waals surface area contributed by atoms with Gasteiger partial charge in [-0.05, 0) is 34.1 Å². The summed E-state index contributed by atoms with van der Waals surface area (Å²) in [6, 6.07) is 6.44. The number of carbonyl (C=O) groups is 2. The van der Waals surface area contributed by atoms with E-state index in [1.54, 1.807) is 24.4 Å². The third-order valence-electron chi connectivity index (χ3n) is 3.03. The first-order valence-corrected chi connectivity index (χ1v) is 8.63. The number of rotatable bonds is 4. The Kier molecular flexibility index (Phi) is 5.36. The summed E-state index contributed by atoms with van der Waals surface area (Å²) in [5.41, 5.74) is 5.38. The molecule has 3 heterocycles. The number of hydrogen-bond donors (Lipinski definition) is 3. The lowest BCUT2D eigenvalue weighted by molar-refractivity contribution is 0.0940. The van der Waals surface area contributed by atoms with Crippen LogP contribution in [-0.2, 0) is 6.54 Å².